The lowest BCUT2D eigenvalue weighted by Gasteiger charge is -2.25. The molecule has 5 heteroatoms. The van der Waals surface area contributed by atoms with Gasteiger partial charge in [0.25, 0.3) is 5.91 Å². The Labute approximate surface area is 127 Å². The quantitative estimate of drug-likeness (QED) is 0.878. The molecule has 21 heavy (non-hydrogen) atoms. The molecule has 118 valence electrons. The Morgan fingerprint density at radius 1 is 1.05 bits per heavy atom. The van der Waals surface area contributed by atoms with Crippen molar-refractivity contribution in [3.8, 4) is 0 Å². The minimum Gasteiger partial charge on any atom is -0.352 e. The van der Waals surface area contributed by atoms with Crippen LogP contribution in [0.25, 0.3) is 0 Å². The van der Waals surface area contributed by atoms with Gasteiger partial charge in [-0.2, -0.15) is 0 Å². The molecule has 1 N–H and O–H groups in total. The zero-order chi connectivity index (χ0) is 16.2. The Morgan fingerprint density at radius 3 is 1.90 bits per heavy atom. The van der Waals surface area contributed by atoms with Crippen LogP contribution in [0, 0.1) is 17.8 Å². The summed E-state index contributed by atoms with van der Waals surface area (Å²) in [5.74, 6) is 1.25. The molecule has 0 atom stereocenters. The van der Waals surface area contributed by atoms with Crippen LogP contribution < -0.4 is 5.32 Å². The van der Waals surface area contributed by atoms with Crippen molar-refractivity contribution in [2.75, 3.05) is 12.8 Å². The first kappa shape index (κ1) is 17.7. The predicted molar refractivity (Wildman–Crippen MR) is 85.1 cm³/mol. The molecular weight excluding hydrogens is 286 g/mol. The number of hydrogen-bond donors (Lipinski definition) is 1. The molecule has 0 aliphatic carbocycles. The van der Waals surface area contributed by atoms with Crippen molar-refractivity contribution < 1.29 is 13.2 Å². The van der Waals surface area contributed by atoms with Gasteiger partial charge in [-0.05, 0) is 42.0 Å². The molecule has 0 fully saturated rings. The molecule has 0 aliphatic rings. The van der Waals surface area contributed by atoms with E-state index in [2.05, 4.69) is 33.0 Å². The molecule has 4 nitrogen and oxygen atoms in total. The van der Waals surface area contributed by atoms with Gasteiger partial charge in [0.2, 0.25) is 0 Å². The number of carbonyl (C=O) groups excluding carboxylic acids is 1. The van der Waals surface area contributed by atoms with E-state index in [1.807, 2.05) is 0 Å². The fourth-order valence-electron chi connectivity index (χ4n) is 2.41. The first-order valence-corrected chi connectivity index (χ1v) is 9.10. The number of amides is 1. The van der Waals surface area contributed by atoms with Gasteiger partial charge in [0.05, 0.1) is 4.90 Å². The summed E-state index contributed by atoms with van der Waals surface area (Å²) in [5, 5.41) is 2.93. The Hall–Kier alpha value is -1.36. The monoisotopic (exact) mass is 311 g/mol. The van der Waals surface area contributed by atoms with Crippen LogP contribution in [0.4, 0.5) is 0 Å². The highest BCUT2D eigenvalue weighted by Gasteiger charge is 2.18. The highest BCUT2D eigenvalue weighted by atomic mass is 32.2. The van der Waals surface area contributed by atoms with Crippen LogP contribution in [0.15, 0.2) is 29.2 Å². The van der Waals surface area contributed by atoms with Crippen LogP contribution in [0.2, 0.25) is 0 Å². The fourth-order valence-corrected chi connectivity index (χ4v) is 3.04. The largest absolute Gasteiger partial charge is 0.352 e. The summed E-state index contributed by atoms with van der Waals surface area (Å²) >= 11 is 0. The van der Waals surface area contributed by atoms with E-state index in [4.69, 9.17) is 0 Å². The summed E-state index contributed by atoms with van der Waals surface area (Å²) in [6.45, 7) is 9.23. The predicted octanol–water partition coefficient (Wildman–Crippen LogP) is 2.75. The third-order valence-electron chi connectivity index (χ3n) is 3.76. The average molecular weight is 311 g/mol. The van der Waals surface area contributed by atoms with E-state index >= 15 is 0 Å². The van der Waals surface area contributed by atoms with Gasteiger partial charge in [-0.3, -0.25) is 4.79 Å². The van der Waals surface area contributed by atoms with Crippen molar-refractivity contribution in [1.82, 2.24) is 5.32 Å². The number of nitrogens with one attached hydrogen (secondary N) is 1. The van der Waals surface area contributed by atoms with Crippen molar-refractivity contribution in [3.63, 3.8) is 0 Å². The van der Waals surface area contributed by atoms with Crippen LogP contribution in [0.5, 0.6) is 0 Å². The van der Waals surface area contributed by atoms with Crippen LogP contribution in [0.3, 0.4) is 0 Å². The van der Waals surface area contributed by atoms with Crippen LogP contribution in [0.1, 0.15) is 38.1 Å². The minimum atomic E-state index is -3.23. The maximum absolute atomic E-state index is 12.1. The van der Waals surface area contributed by atoms with Crippen molar-refractivity contribution in [1.29, 1.82) is 0 Å². The van der Waals surface area contributed by atoms with E-state index in [1.54, 1.807) is 12.1 Å². The SMILES string of the molecule is CC(C)C(CNC(=O)c1ccc(S(C)(=O)=O)cc1)C(C)C. The van der Waals surface area contributed by atoms with Crippen LogP contribution in [-0.4, -0.2) is 27.1 Å². The standard InChI is InChI=1S/C16H25NO3S/c1-11(2)15(12(3)4)10-17-16(18)13-6-8-14(9-7-13)21(5,19)20/h6-9,11-12,15H,10H2,1-5H3,(H,17,18). The molecule has 1 aromatic carbocycles. The third kappa shape index (κ3) is 5.16. The summed E-state index contributed by atoms with van der Waals surface area (Å²) in [6, 6.07) is 6.02. The maximum Gasteiger partial charge on any atom is 0.251 e. The highest BCUT2D eigenvalue weighted by Crippen LogP contribution is 2.19. The molecular formula is C16H25NO3S. The second kappa shape index (κ2) is 7.07. The number of sulfone groups is 1. The van der Waals surface area contributed by atoms with Crippen molar-refractivity contribution in [2.24, 2.45) is 17.8 Å². The molecule has 1 amide bonds. The molecule has 0 radical (unpaired) electrons. The number of rotatable bonds is 6. The molecule has 0 aromatic heterocycles. The number of benzene rings is 1. The van der Waals surface area contributed by atoms with E-state index in [0.29, 0.717) is 29.9 Å². The first-order chi connectivity index (χ1) is 9.62. The zero-order valence-corrected chi connectivity index (χ0v) is 14.2. The molecule has 0 spiro atoms. The lowest BCUT2D eigenvalue weighted by Crippen LogP contribution is -2.33. The zero-order valence-electron chi connectivity index (χ0n) is 13.4. The topological polar surface area (TPSA) is 63.2 Å². The van der Waals surface area contributed by atoms with Crippen molar-refractivity contribution in [2.45, 2.75) is 32.6 Å². The third-order valence-corrected chi connectivity index (χ3v) is 4.88. The molecule has 0 bridgehead atoms. The molecule has 0 saturated heterocycles. The maximum atomic E-state index is 12.1. The second-order valence-electron chi connectivity index (χ2n) is 6.16. The van der Waals surface area contributed by atoms with Gasteiger partial charge in [0.1, 0.15) is 0 Å². The average Bonchev–Trinajstić information content (AvgIpc) is 2.37. The highest BCUT2D eigenvalue weighted by molar-refractivity contribution is 7.90. The Bertz CT molecular complexity index is 566. The number of hydrogen-bond acceptors (Lipinski definition) is 3. The molecule has 1 aromatic rings. The fraction of sp³-hybridized carbons (Fsp3) is 0.562. The smallest absolute Gasteiger partial charge is 0.251 e. The van der Waals surface area contributed by atoms with Gasteiger partial charge < -0.3 is 5.32 Å². The van der Waals surface area contributed by atoms with E-state index < -0.39 is 9.84 Å². The molecule has 0 unspecified atom stereocenters. The van der Waals surface area contributed by atoms with Gasteiger partial charge in [-0.25, -0.2) is 8.42 Å². The van der Waals surface area contributed by atoms with Gasteiger partial charge in [0.15, 0.2) is 9.84 Å². The minimum absolute atomic E-state index is 0.165. The second-order valence-corrected chi connectivity index (χ2v) is 8.17. The summed E-state index contributed by atoms with van der Waals surface area (Å²) in [7, 11) is -3.23. The molecule has 0 aliphatic heterocycles. The van der Waals surface area contributed by atoms with Crippen LogP contribution in [-0.2, 0) is 9.84 Å². The van der Waals surface area contributed by atoms with E-state index in [1.165, 1.54) is 12.1 Å². The Morgan fingerprint density at radius 2 is 1.52 bits per heavy atom. The van der Waals surface area contributed by atoms with Gasteiger partial charge in [0, 0.05) is 18.4 Å². The van der Waals surface area contributed by atoms with Crippen molar-refractivity contribution in [3.05, 3.63) is 29.8 Å². The summed E-state index contributed by atoms with van der Waals surface area (Å²) in [5.41, 5.74) is 0.480. The first-order valence-electron chi connectivity index (χ1n) is 7.21. The van der Waals surface area contributed by atoms with E-state index in [0.717, 1.165) is 6.26 Å². The summed E-state index contributed by atoms with van der Waals surface area (Å²) < 4.78 is 22.8. The lowest BCUT2D eigenvalue weighted by molar-refractivity contribution is 0.0937. The Kier molecular flexibility index (Phi) is 5.96. The van der Waals surface area contributed by atoms with Gasteiger partial charge >= 0.3 is 0 Å². The van der Waals surface area contributed by atoms with E-state index in [-0.39, 0.29) is 10.8 Å². The number of carbonyl (C=O) groups is 1. The summed E-state index contributed by atoms with van der Waals surface area (Å²) in [4.78, 5) is 12.3. The van der Waals surface area contributed by atoms with Crippen molar-refractivity contribution >= 4 is 15.7 Å². The Balaban J connectivity index is 2.72. The summed E-state index contributed by atoms with van der Waals surface area (Å²) in [6.07, 6.45) is 1.15. The molecule has 0 saturated carbocycles. The normalized spacial score (nSPS) is 12.2. The van der Waals surface area contributed by atoms with Gasteiger partial charge in [-0.15, -0.1) is 0 Å². The molecule has 1 rings (SSSR count). The van der Waals surface area contributed by atoms with E-state index in [9.17, 15) is 13.2 Å². The van der Waals surface area contributed by atoms with Crippen LogP contribution >= 0.6 is 0 Å². The molecule has 0 heterocycles. The lowest BCUT2D eigenvalue weighted by atomic mass is 9.85. The van der Waals surface area contributed by atoms with Gasteiger partial charge in [-0.1, -0.05) is 27.7 Å².